The molecular weight excluding hydrogens is 234 g/mol. The summed E-state index contributed by atoms with van der Waals surface area (Å²) in [5.74, 6) is 11.0. The Morgan fingerprint density at radius 3 is 3.00 bits per heavy atom. The second-order valence-electron chi connectivity index (χ2n) is 4.06. The van der Waals surface area contributed by atoms with Gasteiger partial charge >= 0.3 is 0 Å². The number of nitrogens with zero attached hydrogens (tertiary/aromatic N) is 4. The maximum atomic E-state index is 11.9. The molecule has 0 saturated heterocycles. The summed E-state index contributed by atoms with van der Waals surface area (Å²) in [5, 5.41) is 3.59. The number of nitrogens with two attached hydrogens (primary N) is 2. The quantitative estimate of drug-likeness (QED) is 0.384. The SMILES string of the molecule is CCCCCn1/c(=N/N)n(N)c(=O)c2[nH]cnc21.[HH]. The lowest BCUT2D eigenvalue weighted by Gasteiger charge is -2.10. The standard InChI is InChI=1S/C10H17N7O.H2/c1-2-3-4-5-16-8-7(13-6-14-8)9(18)17(12)10(16)15-11;/h6H,2-5,11-12H2,1H3,(H,13,14);1H/b15-10-;. The van der Waals surface area contributed by atoms with Crippen LogP contribution in [-0.4, -0.2) is 19.2 Å². The molecule has 0 aromatic carbocycles. The minimum absolute atomic E-state index is 0. The van der Waals surface area contributed by atoms with E-state index in [9.17, 15) is 4.79 Å². The molecule has 8 heteroatoms. The zero-order valence-electron chi connectivity index (χ0n) is 10.3. The molecule has 0 aliphatic heterocycles. The minimum Gasteiger partial charge on any atom is -0.339 e. The summed E-state index contributed by atoms with van der Waals surface area (Å²) >= 11 is 0. The first-order valence-corrected chi connectivity index (χ1v) is 5.88. The van der Waals surface area contributed by atoms with Crippen LogP contribution in [0.4, 0.5) is 0 Å². The average Bonchev–Trinajstić information content (AvgIpc) is 2.85. The molecule has 0 spiro atoms. The van der Waals surface area contributed by atoms with Crippen LogP contribution < -0.4 is 22.9 Å². The van der Waals surface area contributed by atoms with Gasteiger partial charge in [-0.15, -0.1) is 5.10 Å². The fourth-order valence-electron chi connectivity index (χ4n) is 1.94. The van der Waals surface area contributed by atoms with Crippen molar-refractivity contribution in [3.8, 4) is 0 Å². The first kappa shape index (κ1) is 12.2. The summed E-state index contributed by atoms with van der Waals surface area (Å²) in [7, 11) is 0. The van der Waals surface area contributed by atoms with Gasteiger partial charge in [0, 0.05) is 7.97 Å². The molecule has 8 nitrogen and oxygen atoms in total. The second kappa shape index (κ2) is 4.94. The summed E-state index contributed by atoms with van der Waals surface area (Å²) in [5.41, 5.74) is 0.720. The van der Waals surface area contributed by atoms with E-state index in [0.29, 0.717) is 17.7 Å². The number of imidazole rings is 1. The van der Waals surface area contributed by atoms with Gasteiger partial charge in [0.1, 0.15) is 0 Å². The number of nitrogen functional groups attached to an aromatic ring is 1. The molecule has 2 aromatic rings. The summed E-state index contributed by atoms with van der Waals surface area (Å²) in [6, 6.07) is 0. The lowest BCUT2D eigenvalue weighted by atomic mass is 10.2. The summed E-state index contributed by atoms with van der Waals surface area (Å²) in [4.78, 5) is 18.8. The first-order chi connectivity index (χ1) is 8.70. The number of aromatic nitrogens is 4. The molecule has 5 N–H and O–H groups in total. The monoisotopic (exact) mass is 253 g/mol. The maximum Gasteiger partial charge on any atom is 0.299 e. The van der Waals surface area contributed by atoms with Crippen LogP contribution in [0.25, 0.3) is 11.2 Å². The average molecular weight is 253 g/mol. The molecular formula is C10H19N7O. The molecule has 0 atom stereocenters. The van der Waals surface area contributed by atoms with Gasteiger partial charge in [0.2, 0.25) is 5.62 Å². The molecule has 0 aliphatic rings. The highest BCUT2D eigenvalue weighted by molar-refractivity contribution is 5.68. The van der Waals surface area contributed by atoms with Crippen molar-refractivity contribution in [1.29, 1.82) is 0 Å². The van der Waals surface area contributed by atoms with Crippen LogP contribution >= 0.6 is 0 Å². The Bertz CT molecular complexity index is 669. The van der Waals surface area contributed by atoms with Crippen LogP contribution in [0.2, 0.25) is 0 Å². The second-order valence-corrected chi connectivity index (χ2v) is 4.06. The molecule has 0 saturated carbocycles. The number of hydrogen-bond donors (Lipinski definition) is 3. The van der Waals surface area contributed by atoms with Gasteiger partial charge in [0.05, 0.1) is 6.33 Å². The van der Waals surface area contributed by atoms with Gasteiger partial charge in [0.15, 0.2) is 11.2 Å². The number of aromatic amines is 1. The van der Waals surface area contributed by atoms with Crippen molar-refractivity contribution in [2.45, 2.75) is 32.7 Å². The lowest BCUT2D eigenvalue weighted by molar-refractivity contribution is 0.559. The Labute approximate surface area is 104 Å². The highest BCUT2D eigenvalue weighted by Crippen LogP contribution is 2.03. The van der Waals surface area contributed by atoms with Crippen molar-refractivity contribution in [2.75, 3.05) is 5.84 Å². The highest BCUT2D eigenvalue weighted by Gasteiger charge is 2.11. The van der Waals surface area contributed by atoms with Crippen LogP contribution in [0.15, 0.2) is 16.2 Å². The third kappa shape index (κ3) is 1.85. The van der Waals surface area contributed by atoms with E-state index in [-0.39, 0.29) is 7.04 Å². The number of nitrogens with one attached hydrogen (secondary N) is 1. The molecule has 2 heterocycles. The van der Waals surface area contributed by atoms with Gasteiger partial charge in [-0.3, -0.25) is 9.36 Å². The maximum absolute atomic E-state index is 11.9. The van der Waals surface area contributed by atoms with Crippen LogP contribution in [0, 0.1) is 0 Å². The number of fused-ring (bicyclic) bond motifs is 1. The van der Waals surface area contributed by atoms with Gasteiger partial charge in [-0.25, -0.2) is 4.98 Å². The number of hydrogen-bond acceptors (Lipinski definition) is 5. The number of unbranched alkanes of at least 4 members (excludes halogenated alkanes) is 2. The predicted octanol–water partition coefficient (Wildman–Crippen LogP) is -0.549. The third-order valence-corrected chi connectivity index (χ3v) is 2.87. The number of rotatable bonds is 4. The Balaban J connectivity index is 0.00000180. The van der Waals surface area contributed by atoms with E-state index < -0.39 is 5.56 Å². The molecule has 0 fully saturated rings. The van der Waals surface area contributed by atoms with Crippen molar-refractivity contribution in [3.05, 3.63) is 22.3 Å². The smallest absolute Gasteiger partial charge is 0.299 e. The summed E-state index contributed by atoms with van der Waals surface area (Å²) in [6.45, 7) is 2.79. The van der Waals surface area contributed by atoms with E-state index in [4.69, 9.17) is 11.7 Å². The molecule has 100 valence electrons. The van der Waals surface area contributed by atoms with E-state index in [0.717, 1.165) is 23.9 Å². The topological polar surface area (TPSA) is 120 Å². The zero-order chi connectivity index (χ0) is 13.1. The van der Waals surface area contributed by atoms with Crippen LogP contribution in [-0.2, 0) is 6.54 Å². The molecule has 2 aromatic heterocycles. The van der Waals surface area contributed by atoms with Crippen molar-refractivity contribution in [2.24, 2.45) is 10.9 Å². The Morgan fingerprint density at radius 2 is 2.33 bits per heavy atom. The molecule has 0 unspecified atom stereocenters. The van der Waals surface area contributed by atoms with Crippen molar-refractivity contribution >= 4 is 11.2 Å². The molecule has 0 bridgehead atoms. The predicted molar refractivity (Wildman–Crippen MR) is 69.9 cm³/mol. The number of aryl methyl sites for hydroxylation is 1. The van der Waals surface area contributed by atoms with E-state index >= 15 is 0 Å². The Morgan fingerprint density at radius 1 is 1.56 bits per heavy atom. The summed E-state index contributed by atoms with van der Waals surface area (Å²) in [6.07, 6.45) is 4.58. The largest absolute Gasteiger partial charge is 0.339 e. The van der Waals surface area contributed by atoms with Gasteiger partial charge in [0.25, 0.3) is 5.56 Å². The van der Waals surface area contributed by atoms with Crippen molar-refractivity contribution in [1.82, 2.24) is 19.2 Å². The van der Waals surface area contributed by atoms with Gasteiger partial charge in [-0.1, -0.05) is 19.8 Å². The Kier molecular flexibility index (Phi) is 3.35. The van der Waals surface area contributed by atoms with Crippen LogP contribution in [0.3, 0.4) is 0 Å². The molecule has 2 rings (SSSR count). The lowest BCUT2D eigenvalue weighted by Crippen LogP contribution is -2.46. The van der Waals surface area contributed by atoms with Gasteiger partial charge < -0.3 is 16.7 Å². The molecule has 0 radical (unpaired) electrons. The normalized spacial score (nSPS) is 12.4. The Hall–Kier alpha value is -2.25. The molecule has 0 aliphatic carbocycles. The first-order valence-electron chi connectivity index (χ1n) is 5.88. The number of H-pyrrole nitrogens is 1. The van der Waals surface area contributed by atoms with Crippen molar-refractivity contribution < 1.29 is 1.43 Å². The van der Waals surface area contributed by atoms with Gasteiger partial charge in [-0.2, -0.15) is 4.68 Å². The fourth-order valence-corrected chi connectivity index (χ4v) is 1.94. The van der Waals surface area contributed by atoms with Crippen molar-refractivity contribution in [3.63, 3.8) is 0 Å². The zero-order valence-corrected chi connectivity index (χ0v) is 10.3. The highest BCUT2D eigenvalue weighted by atomic mass is 16.1. The van der Waals surface area contributed by atoms with E-state index in [1.807, 2.05) is 0 Å². The van der Waals surface area contributed by atoms with Crippen LogP contribution in [0.1, 0.15) is 27.6 Å². The van der Waals surface area contributed by atoms with Crippen LogP contribution in [0.5, 0.6) is 0 Å². The van der Waals surface area contributed by atoms with E-state index in [1.165, 1.54) is 6.33 Å². The van der Waals surface area contributed by atoms with E-state index in [2.05, 4.69) is 22.0 Å². The minimum atomic E-state index is -0.390. The fraction of sp³-hybridized carbons (Fsp3) is 0.500. The molecule has 0 amide bonds. The molecule has 18 heavy (non-hydrogen) atoms. The summed E-state index contributed by atoms with van der Waals surface area (Å²) < 4.78 is 2.69. The van der Waals surface area contributed by atoms with E-state index in [1.54, 1.807) is 4.57 Å². The third-order valence-electron chi connectivity index (χ3n) is 2.87. The van der Waals surface area contributed by atoms with Gasteiger partial charge in [-0.05, 0) is 6.42 Å².